The van der Waals surface area contributed by atoms with Crippen molar-refractivity contribution in [3.8, 4) is 0 Å². The number of hydrogen-bond donors (Lipinski definition) is 0. The van der Waals surface area contributed by atoms with Crippen molar-refractivity contribution < 1.29 is 9.18 Å². The van der Waals surface area contributed by atoms with Crippen LogP contribution in [-0.2, 0) is 4.79 Å². The summed E-state index contributed by atoms with van der Waals surface area (Å²) in [6.45, 7) is 1.60. The second-order valence-corrected chi connectivity index (χ2v) is 5.00. The van der Waals surface area contributed by atoms with E-state index in [9.17, 15) is 9.18 Å². The fourth-order valence-electron chi connectivity index (χ4n) is 2.46. The molecule has 2 nitrogen and oxygen atoms in total. The quantitative estimate of drug-likeness (QED) is 0.758. The Bertz CT molecular complexity index is 424. The van der Waals surface area contributed by atoms with E-state index in [0.717, 1.165) is 25.1 Å². The third-order valence-electron chi connectivity index (χ3n) is 3.38. The van der Waals surface area contributed by atoms with Gasteiger partial charge in [0.1, 0.15) is 5.82 Å². The molecule has 2 atom stereocenters. The Morgan fingerprint density at radius 1 is 1.53 bits per heavy atom. The SMILES string of the molecule is CN1CC[C@H](C(=O)Cl)[C@@H](c2cccc(F)c2)C1. The van der Waals surface area contributed by atoms with Crippen LogP contribution in [0.4, 0.5) is 4.39 Å². The summed E-state index contributed by atoms with van der Waals surface area (Å²) in [4.78, 5) is 13.6. The van der Waals surface area contributed by atoms with Crippen LogP contribution >= 0.6 is 11.6 Å². The van der Waals surface area contributed by atoms with Crippen molar-refractivity contribution in [2.75, 3.05) is 20.1 Å². The Morgan fingerprint density at radius 3 is 2.94 bits per heavy atom. The molecule has 92 valence electrons. The normalized spacial score (nSPS) is 25.8. The Labute approximate surface area is 105 Å². The smallest absolute Gasteiger partial charge is 0.225 e. The zero-order valence-electron chi connectivity index (χ0n) is 9.70. The van der Waals surface area contributed by atoms with E-state index < -0.39 is 0 Å². The van der Waals surface area contributed by atoms with Crippen LogP contribution in [0.25, 0.3) is 0 Å². The van der Waals surface area contributed by atoms with E-state index in [-0.39, 0.29) is 22.9 Å². The number of halogens is 2. The highest BCUT2D eigenvalue weighted by atomic mass is 35.5. The van der Waals surface area contributed by atoms with Crippen molar-refractivity contribution in [2.24, 2.45) is 5.92 Å². The topological polar surface area (TPSA) is 20.3 Å². The first-order valence-electron chi connectivity index (χ1n) is 5.71. The summed E-state index contributed by atoms with van der Waals surface area (Å²) in [5, 5.41) is -0.313. The number of likely N-dealkylation sites (N-methyl/N-ethyl adjacent to an activating group) is 1. The lowest BCUT2D eigenvalue weighted by atomic mass is 9.81. The maximum Gasteiger partial charge on any atom is 0.225 e. The number of nitrogens with zero attached hydrogens (tertiary/aromatic N) is 1. The van der Waals surface area contributed by atoms with E-state index in [1.807, 2.05) is 13.1 Å². The Hall–Kier alpha value is -0.930. The van der Waals surface area contributed by atoms with E-state index >= 15 is 0 Å². The Morgan fingerprint density at radius 2 is 2.29 bits per heavy atom. The zero-order valence-corrected chi connectivity index (χ0v) is 10.5. The molecule has 1 saturated heterocycles. The number of carbonyl (C=O) groups excluding carboxylic acids is 1. The maximum atomic E-state index is 13.2. The largest absolute Gasteiger partial charge is 0.306 e. The van der Waals surface area contributed by atoms with Crippen molar-refractivity contribution in [1.82, 2.24) is 4.90 Å². The second-order valence-electron chi connectivity index (χ2n) is 4.62. The highest BCUT2D eigenvalue weighted by Crippen LogP contribution is 2.33. The molecule has 1 fully saturated rings. The molecule has 0 radical (unpaired) electrons. The van der Waals surface area contributed by atoms with Gasteiger partial charge in [0.2, 0.25) is 5.24 Å². The van der Waals surface area contributed by atoms with Gasteiger partial charge in [-0.15, -0.1) is 0 Å². The number of benzene rings is 1. The van der Waals surface area contributed by atoms with Crippen LogP contribution in [0, 0.1) is 11.7 Å². The highest BCUT2D eigenvalue weighted by molar-refractivity contribution is 6.64. The van der Waals surface area contributed by atoms with Crippen molar-refractivity contribution in [1.29, 1.82) is 0 Å². The van der Waals surface area contributed by atoms with Crippen LogP contribution in [0.1, 0.15) is 17.9 Å². The van der Waals surface area contributed by atoms with Gasteiger partial charge in [-0.25, -0.2) is 4.39 Å². The van der Waals surface area contributed by atoms with Gasteiger partial charge in [0.15, 0.2) is 0 Å². The molecule has 17 heavy (non-hydrogen) atoms. The minimum atomic E-state index is -0.313. The number of rotatable bonds is 2. The average molecular weight is 256 g/mol. The second kappa shape index (κ2) is 5.15. The van der Waals surface area contributed by atoms with Gasteiger partial charge >= 0.3 is 0 Å². The van der Waals surface area contributed by atoms with Crippen LogP contribution in [0.2, 0.25) is 0 Å². The highest BCUT2D eigenvalue weighted by Gasteiger charge is 2.33. The van der Waals surface area contributed by atoms with E-state index in [2.05, 4.69) is 4.90 Å². The molecule has 1 aromatic carbocycles. The van der Waals surface area contributed by atoms with Crippen molar-refractivity contribution in [3.63, 3.8) is 0 Å². The van der Waals surface area contributed by atoms with E-state index in [0.29, 0.717) is 0 Å². The van der Waals surface area contributed by atoms with Gasteiger partial charge in [-0.1, -0.05) is 12.1 Å². The van der Waals surface area contributed by atoms with Gasteiger partial charge < -0.3 is 4.90 Å². The zero-order chi connectivity index (χ0) is 12.4. The molecule has 4 heteroatoms. The fourth-order valence-corrected chi connectivity index (χ4v) is 2.72. The maximum absolute atomic E-state index is 13.2. The molecule has 1 aliphatic rings. The van der Waals surface area contributed by atoms with Gasteiger partial charge in [0, 0.05) is 18.4 Å². The van der Waals surface area contributed by atoms with Gasteiger partial charge in [-0.2, -0.15) is 0 Å². The summed E-state index contributed by atoms with van der Waals surface area (Å²) in [5.74, 6) is -0.472. The van der Waals surface area contributed by atoms with Crippen molar-refractivity contribution in [2.45, 2.75) is 12.3 Å². The third kappa shape index (κ3) is 2.85. The summed E-state index contributed by atoms with van der Waals surface area (Å²) in [7, 11) is 2.00. The Balaban J connectivity index is 2.28. The minimum Gasteiger partial charge on any atom is -0.306 e. The monoisotopic (exact) mass is 255 g/mol. The van der Waals surface area contributed by atoms with Gasteiger partial charge in [-0.3, -0.25) is 4.79 Å². The van der Waals surface area contributed by atoms with Crippen LogP contribution in [0.5, 0.6) is 0 Å². The van der Waals surface area contributed by atoms with Gasteiger partial charge in [-0.05, 0) is 49.3 Å². The molecule has 2 rings (SSSR count). The molecule has 0 spiro atoms. The summed E-state index contributed by atoms with van der Waals surface area (Å²) in [5.41, 5.74) is 0.857. The van der Waals surface area contributed by atoms with Crippen molar-refractivity contribution >= 4 is 16.8 Å². The molecular weight excluding hydrogens is 241 g/mol. The summed E-state index contributed by atoms with van der Waals surface area (Å²) < 4.78 is 13.2. The van der Waals surface area contributed by atoms with Crippen LogP contribution in [0.3, 0.4) is 0 Å². The summed E-state index contributed by atoms with van der Waals surface area (Å²) >= 11 is 5.64. The molecule has 1 aliphatic heterocycles. The molecule has 0 aliphatic carbocycles. The first-order valence-corrected chi connectivity index (χ1v) is 6.09. The summed E-state index contributed by atoms with van der Waals surface area (Å²) in [6, 6.07) is 6.44. The number of likely N-dealkylation sites (tertiary alicyclic amines) is 1. The molecule has 1 aromatic rings. The predicted molar refractivity (Wildman–Crippen MR) is 65.6 cm³/mol. The molecule has 0 N–H and O–H groups in total. The van der Waals surface area contributed by atoms with Crippen LogP contribution in [-0.4, -0.2) is 30.3 Å². The molecule has 0 saturated carbocycles. The first kappa shape index (κ1) is 12.5. The number of hydrogen-bond acceptors (Lipinski definition) is 2. The molecule has 0 aromatic heterocycles. The van der Waals surface area contributed by atoms with Gasteiger partial charge in [0.05, 0.1) is 0 Å². The minimum absolute atomic E-state index is 0.00514. The predicted octanol–water partition coefficient (Wildman–Crippen LogP) is 2.63. The third-order valence-corrected chi connectivity index (χ3v) is 3.66. The molecule has 0 bridgehead atoms. The van der Waals surface area contributed by atoms with E-state index in [1.165, 1.54) is 12.1 Å². The lowest BCUT2D eigenvalue weighted by Crippen LogP contribution is -2.38. The molecule has 0 amide bonds. The number of piperidine rings is 1. The van der Waals surface area contributed by atoms with Crippen LogP contribution in [0.15, 0.2) is 24.3 Å². The number of carbonyl (C=O) groups is 1. The Kier molecular flexibility index (Phi) is 3.79. The first-order chi connectivity index (χ1) is 8.08. The standard InChI is InChI=1S/C13H15ClFNO/c1-16-6-5-11(13(14)17)12(8-16)9-3-2-4-10(15)7-9/h2-4,7,11-12H,5-6,8H2,1H3/t11-,12+/m0/s1. The molecule has 0 unspecified atom stereocenters. The lowest BCUT2D eigenvalue weighted by molar-refractivity contribution is -0.117. The van der Waals surface area contributed by atoms with Gasteiger partial charge in [0.25, 0.3) is 0 Å². The molecule has 1 heterocycles. The fraction of sp³-hybridized carbons (Fsp3) is 0.462. The van der Waals surface area contributed by atoms with Crippen LogP contribution < -0.4 is 0 Å². The molecular formula is C13H15ClFNO. The van der Waals surface area contributed by atoms with E-state index in [1.54, 1.807) is 6.07 Å². The van der Waals surface area contributed by atoms with Crippen molar-refractivity contribution in [3.05, 3.63) is 35.6 Å². The summed E-state index contributed by atoms with van der Waals surface area (Å²) in [6.07, 6.45) is 0.736. The lowest BCUT2D eigenvalue weighted by Gasteiger charge is -2.35. The van der Waals surface area contributed by atoms with E-state index in [4.69, 9.17) is 11.6 Å². The average Bonchev–Trinajstić information content (AvgIpc) is 2.28.